The first-order valence-electron chi connectivity index (χ1n) is 3.16. The standard InChI is InChI=1S/C6H6ClN3O/c7-6-9-4-2-11-1-3(4)5(8)10-6/h1-2H2,(H2,8,9,10). The molecule has 0 fully saturated rings. The molecule has 2 rings (SSSR count). The van der Waals surface area contributed by atoms with Crippen molar-refractivity contribution in [1.29, 1.82) is 0 Å². The molecule has 0 amide bonds. The summed E-state index contributed by atoms with van der Waals surface area (Å²) in [5, 5.41) is 0.187. The maximum atomic E-state index is 5.57. The molecule has 1 aromatic rings. The van der Waals surface area contributed by atoms with Gasteiger partial charge in [0.25, 0.3) is 0 Å². The van der Waals surface area contributed by atoms with Crippen molar-refractivity contribution in [2.24, 2.45) is 0 Å². The van der Waals surface area contributed by atoms with Crippen LogP contribution >= 0.6 is 11.6 Å². The first kappa shape index (κ1) is 6.82. The summed E-state index contributed by atoms with van der Waals surface area (Å²) in [5.41, 5.74) is 7.23. The van der Waals surface area contributed by atoms with Crippen molar-refractivity contribution in [1.82, 2.24) is 9.97 Å². The minimum Gasteiger partial charge on any atom is -0.383 e. The third-order valence-corrected chi connectivity index (χ3v) is 1.75. The third-order valence-electron chi connectivity index (χ3n) is 1.58. The van der Waals surface area contributed by atoms with Crippen LogP contribution in [0.25, 0.3) is 0 Å². The molecule has 1 aliphatic heterocycles. The first-order valence-corrected chi connectivity index (χ1v) is 3.53. The first-order chi connectivity index (χ1) is 5.27. The van der Waals surface area contributed by atoms with Crippen molar-refractivity contribution in [2.75, 3.05) is 5.73 Å². The van der Waals surface area contributed by atoms with Crippen molar-refractivity contribution in [3.8, 4) is 0 Å². The molecule has 2 N–H and O–H groups in total. The smallest absolute Gasteiger partial charge is 0.224 e. The summed E-state index contributed by atoms with van der Waals surface area (Å²) >= 11 is 5.57. The Morgan fingerprint density at radius 2 is 2.18 bits per heavy atom. The lowest BCUT2D eigenvalue weighted by molar-refractivity contribution is 0.133. The van der Waals surface area contributed by atoms with Crippen molar-refractivity contribution in [2.45, 2.75) is 13.2 Å². The van der Waals surface area contributed by atoms with Gasteiger partial charge in [0, 0.05) is 5.56 Å². The number of rotatable bonds is 0. The van der Waals surface area contributed by atoms with Crippen molar-refractivity contribution in [3.63, 3.8) is 0 Å². The van der Waals surface area contributed by atoms with Crippen LogP contribution in [0.4, 0.5) is 5.82 Å². The van der Waals surface area contributed by atoms with E-state index in [9.17, 15) is 0 Å². The van der Waals surface area contributed by atoms with Crippen LogP contribution in [0.1, 0.15) is 11.3 Å². The van der Waals surface area contributed by atoms with Gasteiger partial charge in [0.2, 0.25) is 5.28 Å². The van der Waals surface area contributed by atoms with Crippen LogP contribution < -0.4 is 5.73 Å². The van der Waals surface area contributed by atoms with Crippen LogP contribution in [0.15, 0.2) is 0 Å². The Hall–Kier alpha value is -0.870. The zero-order valence-electron chi connectivity index (χ0n) is 5.67. The largest absolute Gasteiger partial charge is 0.383 e. The number of nitrogens with two attached hydrogens (primary N) is 1. The number of hydrogen-bond donors (Lipinski definition) is 1. The lowest BCUT2D eigenvalue weighted by Gasteiger charge is -1.98. The molecule has 0 aliphatic carbocycles. The minimum absolute atomic E-state index is 0.187. The number of nitrogens with zero attached hydrogens (tertiary/aromatic N) is 2. The molecule has 58 valence electrons. The van der Waals surface area contributed by atoms with Crippen molar-refractivity contribution < 1.29 is 4.74 Å². The molecule has 0 aromatic carbocycles. The topological polar surface area (TPSA) is 61.0 Å². The molecule has 5 heteroatoms. The molecule has 2 heterocycles. The summed E-state index contributed by atoms with van der Waals surface area (Å²) in [5.74, 6) is 0.428. The molecule has 0 spiro atoms. The summed E-state index contributed by atoms with van der Waals surface area (Å²) in [6.07, 6.45) is 0. The highest BCUT2D eigenvalue weighted by Gasteiger charge is 2.17. The number of aromatic nitrogens is 2. The Morgan fingerprint density at radius 1 is 1.36 bits per heavy atom. The number of anilines is 1. The highest BCUT2D eigenvalue weighted by Crippen LogP contribution is 2.23. The molecule has 0 saturated carbocycles. The second-order valence-electron chi connectivity index (χ2n) is 2.30. The lowest BCUT2D eigenvalue weighted by Crippen LogP contribution is -2.00. The quantitative estimate of drug-likeness (QED) is 0.585. The van der Waals surface area contributed by atoms with Crippen LogP contribution in [0.3, 0.4) is 0 Å². The lowest BCUT2D eigenvalue weighted by atomic mass is 10.2. The Bertz CT molecular complexity index is 302. The van der Waals surface area contributed by atoms with Gasteiger partial charge in [-0.25, -0.2) is 9.97 Å². The molecule has 0 bridgehead atoms. The van der Waals surface area contributed by atoms with Gasteiger partial charge in [-0.05, 0) is 11.6 Å². The third kappa shape index (κ3) is 1.04. The molecule has 1 aliphatic rings. The molecule has 1 aromatic heterocycles. The van der Waals surface area contributed by atoms with Gasteiger partial charge in [0.05, 0.1) is 18.9 Å². The van der Waals surface area contributed by atoms with Crippen molar-refractivity contribution in [3.05, 3.63) is 16.5 Å². The van der Waals surface area contributed by atoms with Gasteiger partial charge in [-0.1, -0.05) is 0 Å². The van der Waals surface area contributed by atoms with E-state index in [4.69, 9.17) is 22.1 Å². The Kier molecular flexibility index (Phi) is 1.44. The van der Waals surface area contributed by atoms with E-state index in [-0.39, 0.29) is 5.28 Å². The van der Waals surface area contributed by atoms with Crippen LogP contribution in [-0.4, -0.2) is 9.97 Å². The molecule has 11 heavy (non-hydrogen) atoms. The minimum atomic E-state index is 0.187. The highest BCUT2D eigenvalue weighted by atomic mass is 35.5. The van der Waals surface area contributed by atoms with Crippen LogP contribution in [0.5, 0.6) is 0 Å². The molecular weight excluding hydrogens is 166 g/mol. The fourth-order valence-electron chi connectivity index (χ4n) is 1.04. The maximum Gasteiger partial charge on any atom is 0.224 e. The number of ether oxygens (including phenoxy) is 1. The summed E-state index contributed by atoms with van der Waals surface area (Å²) < 4.78 is 5.11. The fraction of sp³-hybridized carbons (Fsp3) is 0.333. The second kappa shape index (κ2) is 2.32. The molecule has 0 saturated heterocycles. The monoisotopic (exact) mass is 171 g/mol. The number of hydrogen-bond acceptors (Lipinski definition) is 4. The summed E-state index contributed by atoms with van der Waals surface area (Å²) in [6, 6.07) is 0. The van der Waals surface area contributed by atoms with Crippen molar-refractivity contribution >= 4 is 17.4 Å². The van der Waals surface area contributed by atoms with Gasteiger partial charge >= 0.3 is 0 Å². The van der Waals surface area contributed by atoms with E-state index in [1.54, 1.807) is 0 Å². The predicted molar refractivity (Wildman–Crippen MR) is 39.9 cm³/mol. The zero-order chi connectivity index (χ0) is 7.84. The molecule has 4 nitrogen and oxygen atoms in total. The highest BCUT2D eigenvalue weighted by molar-refractivity contribution is 6.28. The van der Waals surface area contributed by atoms with E-state index < -0.39 is 0 Å². The number of nitrogen functional groups attached to an aromatic ring is 1. The van der Waals surface area contributed by atoms with Crippen LogP contribution in [-0.2, 0) is 18.0 Å². The van der Waals surface area contributed by atoms with E-state index in [0.29, 0.717) is 19.0 Å². The Balaban J connectivity index is 2.60. The SMILES string of the molecule is Nc1nc(Cl)nc2c1COC2. The number of fused-ring (bicyclic) bond motifs is 1. The predicted octanol–water partition coefficient (Wildman–Crippen LogP) is 0.742. The van der Waals surface area contributed by atoms with Gasteiger partial charge in [-0.2, -0.15) is 0 Å². The number of halogens is 1. The fourth-order valence-corrected chi connectivity index (χ4v) is 1.24. The molecule has 0 unspecified atom stereocenters. The molecule has 0 atom stereocenters. The summed E-state index contributed by atoms with van der Waals surface area (Å²) in [7, 11) is 0. The molecule has 0 radical (unpaired) electrons. The average Bonchev–Trinajstić information content (AvgIpc) is 2.34. The van der Waals surface area contributed by atoms with Gasteiger partial charge in [0.15, 0.2) is 0 Å². The van der Waals surface area contributed by atoms with E-state index >= 15 is 0 Å². The zero-order valence-corrected chi connectivity index (χ0v) is 6.43. The average molecular weight is 172 g/mol. The van der Waals surface area contributed by atoms with E-state index in [1.165, 1.54) is 0 Å². The Labute approximate surface area is 68.4 Å². The van der Waals surface area contributed by atoms with E-state index in [1.807, 2.05) is 0 Å². The van der Waals surface area contributed by atoms with Gasteiger partial charge < -0.3 is 10.5 Å². The van der Waals surface area contributed by atoms with Gasteiger partial charge in [-0.15, -0.1) is 0 Å². The summed E-state index contributed by atoms with van der Waals surface area (Å²) in [4.78, 5) is 7.76. The van der Waals surface area contributed by atoms with Gasteiger partial charge in [-0.3, -0.25) is 0 Å². The Morgan fingerprint density at radius 3 is 3.00 bits per heavy atom. The van der Waals surface area contributed by atoms with Crippen LogP contribution in [0, 0.1) is 0 Å². The van der Waals surface area contributed by atoms with E-state index in [0.717, 1.165) is 11.3 Å². The van der Waals surface area contributed by atoms with Gasteiger partial charge in [0.1, 0.15) is 5.82 Å². The summed E-state index contributed by atoms with van der Waals surface area (Å²) in [6.45, 7) is 0.986. The van der Waals surface area contributed by atoms with Crippen LogP contribution in [0.2, 0.25) is 5.28 Å². The maximum absolute atomic E-state index is 5.57. The molecular formula is C6H6ClN3O. The van der Waals surface area contributed by atoms with E-state index in [2.05, 4.69) is 9.97 Å². The second-order valence-corrected chi connectivity index (χ2v) is 2.63. The normalized spacial score (nSPS) is 15.0.